The quantitative estimate of drug-likeness (QED) is 0.586. The Kier molecular flexibility index (Phi) is 2.00. The number of hydrogen-bond acceptors (Lipinski definition) is 3. The largest absolute Gasteiger partial charge is 0.458 e. The third-order valence-electron chi connectivity index (χ3n) is 4.51. The number of Topliss-reactive ketones (excluding diaryl/α,β-unsaturated/α-hetero) is 1. The number of esters is 1. The Morgan fingerprint density at radius 1 is 1.31 bits per heavy atom. The van der Waals surface area contributed by atoms with E-state index in [0.29, 0.717) is 31.1 Å². The molecule has 3 nitrogen and oxygen atoms in total. The van der Waals surface area contributed by atoms with Crippen LogP contribution in [0, 0.1) is 11.3 Å². The molecule has 1 saturated carbocycles. The van der Waals surface area contributed by atoms with Crippen LogP contribution >= 0.6 is 0 Å². The molecule has 1 aliphatic heterocycles. The van der Waals surface area contributed by atoms with Crippen molar-refractivity contribution in [2.24, 2.45) is 11.3 Å². The number of ketones is 1. The summed E-state index contributed by atoms with van der Waals surface area (Å²) in [5.41, 5.74) is 2.20. The number of rotatable bonds is 0. The molecule has 1 heterocycles. The van der Waals surface area contributed by atoms with Crippen LogP contribution in [-0.4, -0.2) is 18.4 Å². The van der Waals surface area contributed by atoms with Crippen LogP contribution in [0.1, 0.15) is 39.0 Å². The first-order chi connectivity index (χ1) is 7.60. The van der Waals surface area contributed by atoms with Gasteiger partial charge < -0.3 is 4.74 Å². The van der Waals surface area contributed by atoms with Crippen molar-refractivity contribution in [1.29, 1.82) is 0 Å². The molecule has 0 amide bonds. The summed E-state index contributed by atoms with van der Waals surface area (Å²) in [6.45, 7) is 2.67. The molecule has 3 rings (SSSR count). The topological polar surface area (TPSA) is 43.4 Å². The molecule has 0 aromatic heterocycles. The van der Waals surface area contributed by atoms with Gasteiger partial charge in [0.05, 0.1) is 0 Å². The first-order valence-corrected chi connectivity index (χ1v) is 6.01. The van der Waals surface area contributed by atoms with Crippen LogP contribution in [0.15, 0.2) is 11.1 Å². The molecule has 3 aliphatic rings. The minimum Gasteiger partial charge on any atom is -0.458 e. The van der Waals surface area contributed by atoms with Gasteiger partial charge in [-0.25, -0.2) is 4.79 Å². The van der Waals surface area contributed by atoms with E-state index in [1.165, 1.54) is 5.57 Å². The maximum Gasteiger partial charge on any atom is 0.334 e. The maximum atomic E-state index is 11.6. The van der Waals surface area contributed by atoms with Gasteiger partial charge in [-0.1, -0.05) is 6.92 Å². The van der Waals surface area contributed by atoms with Gasteiger partial charge in [0, 0.05) is 18.4 Å². The van der Waals surface area contributed by atoms with E-state index in [-0.39, 0.29) is 11.4 Å². The molecule has 0 N–H and O–H groups in total. The van der Waals surface area contributed by atoms with Crippen molar-refractivity contribution in [3.8, 4) is 0 Å². The summed E-state index contributed by atoms with van der Waals surface area (Å²) < 4.78 is 5.12. The van der Waals surface area contributed by atoms with Crippen molar-refractivity contribution in [2.45, 2.75) is 39.0 Å². The van der Waals surface area contributed by atoms with E-state index in [2.05, 4.69) is 6.92 Å². The highest BCUT2D eigenvalue weighted by Crippen LogP contribution is 2.52. The molecule has 0 unspecified atom stereocenters. The highest BCUT2D eigenvalue weighted by atomic mass is 16.5. The predicted octanol–water partition coefficient (Wildman–Crippen LogP) is 2.01. The van der Waals surface area contributed by atoms with Crippen LogP contribution in [0.25, 0.3) is 0 Å². The lowest BCUT2D eigenvalue weighted by molar-refractivity contribution is -0.136. The normalized spacial score (nSPS) is 38.2. The highest BCUT2D eigenvalue weighted by Gasteiger charge is 2.47. The van der Waals surface area contributed by atoms with Crippen LogP contribution in [0.4, 0.5) is 0 Å². The zero-order valence-electron chi connectivity index (χ0n) is 9.54. The number of cyclic esters (lactones) is 1. The third-order valence-corrected chi connectivity index (χ3v) is 4.51. The number of ether oxygens (including phenoxy) is 1. The van der Waals surface area contributed by atoms with Gasteiger partial charge in [0.2, 0.25) is 0 Å². The van der Waals surface area contributed by atoms with Crippen LogP contribution in [0.3, 0.4) is 0 Å². The van der Waals surface area contributed by atoms with Gasteiger partial charge in [0.15, 0.2) is 0 Å². The second kappa shape index (κ2) is 3.19. The molecule has 3 heteroatoms. The molecule has 2 aliphatic carbocycles. The average molecular weight is 220 g/mol. The Labute approximate surface area is 94.8 Å². The first-order valence-electron chi connectivity index (χ1n) is 6.01. The molecular formula is C13H16O3. The Morgan fingerprint density at radius 2 is 2.12 bits per heavy atom. The average Bonchev–Trinajstić information content (AvgIpc) is 2.58. The standard InChI is InChI=1S/C13H16O3/c1-13-5-4-9-10(7-16-12(9)15)11(13)3-2-8(14)6-13/h11H,2-7H2,1H3/t11-,13+/m0/s1. The maximum absolute atomic E-state index is 11.6. The molecule has 2 atom stereocenters. The van der Waals surface area contributed by atoms with Crippen molar-refractivity contribution < 1.29 is 14.3 Å². The van der Waals surface area contributed by atoms with Crippen molar-refractivity contribution in [2.75, 3.05) is 6.61 Å². The van der Waals surface area contributed by atoms with Crippen molar-refractivity contribution in [1.82, 2.24) is 0 Å². The molecule has 0 bridgehead atoms. The number of hydrogen-bond donors (Lipinski definition) is 0. The zero-order chi connectivity index (χ0) is 11.3. The van der Waals surface area contributed by atoms with E-state index < -0.39 is 0 Å². The molecular weight excluding hydrogens is 204 g/mol. The second-order valence-electron chi connectivity index (χ2n) is 5.54. The molecule has 0 saturated heterocycles. The Hall–Kier alpha value is -1.12. The lowest BCUT2D eigenvalue weighted by Crippen LogP contribution is -2.39. The fourth-order valence-corrected chi connectivity index (χ4v) is 3.61. The number of carbonyl (C=O) groups excluding carboxylic acids is 2. The molecule has 86 valence electrons. The van der Waals surface area contributed by atoms with E-state index in [1.807, 2.05) is 0 Å². The van der Waals surface area contributed by atoms with Crippen LogP contribution < -0.4 is 0 Å². The second-order valence-corrected chi connectivity index (χ2v) is 5.54. The summed E-state index contributed by atoms with van der Waals surface area (Å²) in [6, 6.07) is 0. The van der Waals surface area contributed by atoms with Crippen LogP contribution in [-0.2, 0) is 14.3 Å². The summed E-state index contributed by atoms with van der Waals surface area (Å²) in [5.74, 6) is 0.669. The summed E-state index contributed by atoms with van der Waals surface area (Å²) >= 11 is 0. The van der Waals surface area contributed by atoms with Gasteiger partial charge in [0.1, 0.15) is 12.4 Å². The Morgan fingerprint density at radius 3 is 2.94 bits per heavy atom. The smallest absolute Gasteiger partial charge is 0.334 e. The molecule has 1 fully saturated rings. The van der Waals surface area contributed by atoms with Crippen LogP contribution in [0.5, 0.6) is 0 Å². The summed E-state index contributed by atoms with van der Waals surface area (Å²) in [6.07, 6.45) is 4.02. The van der Waals surface area contributed by atoms with Crippen molar-refractivity contribution >= 4 is 11.8 Å². The minimum absolute atomic E-state index is 0.0855. The fraction of sp³-hybridized carbons (Fsp3) is 0.692. The third kappa shape index (κ3) is 1.27. The number of carbonyl (C=O) groups is 2. The lowest BCUT2D eigenvalue weighted by atomic mass is 9.59. The molecule has 16 heavy (non-hydrogen) atoms. The van der Waals surface area contributed by atoms with Crippen LogP contribution in [0.2, 0.25) is 0 Å². The number of fused-ring (bicyclic) bond motifs is 2. The van der Waals surface area contributed by atoms with E-state index in [0.717, 1.165) is 24.8 Å². The van der Waals surface area contributed by atoms with E-state index in [1.54, 1.807) is 0 Å². The molecule has 0 aromatic rings. The first kappa shape index (κ1) is 10.1. The predicted molar refractivity (Wildman–Crippen MR) is 57.7 cm³/mol. The van der Waals surface area contributed by atoms with Gasteiger partial charge in [-0.2, -0.15) is 0 Å². The molecule has 0 aromatic carbocycles. The van der Waals surface area contributed by atoms with Gasteiger partial charge in [-0.3, -0.25) is 4.79 Å². The van der Waals surface area contributed by atoms with Gasteiger partial charge >= 0.3 is 5.97 Å². The fourth-order valence-electron chi connectivity index (χ4n) is 3.61. The van der Waals surface area contributed by atoms with Gasteiger partial charge in [-0.15, -0.1) is 0 Å². The van der Waals surface area contributed by atoms with E-state index >= 15 is 0 Å². The molecule has 0 spiro atoms. The Bertz CT molecular complexity index is 407. The van der Waals surface area contributed by atoms with Gasteiger partial charge in [0.25, 0.3) is 0 Å². The van der Waals surface area contributed by atoms with Crippen molar-refractivity contribution in [3.05, 3.63) is 11.1 Å². The molecule has 0 radical (unpaired) electrons. The van der Waals surface area contributed by atoms with E-state index in [4.69, 9.17) is 4.74 Å². The summed E-state index contributed by atoms with van der Waals surface area (Å²) in [5, 5.41) is 0. The Balaban J connectivity index is 1.99. The van der Waals surface area contributed by atoms with Crippen molar-refractivity contribution in [3.63, 3.8) is 0 Å². The lowest BCUT2D eigenvalue weighted by Gasteiger charge is -2.44. The van der Waals surface area contributed by atoms with E-state index in [9.17, 15) is 9.59 Å². The highest BCUT2D eigenvalue weighted by molar-refractivity contribution is 5.92. The minimum atomic E-state index is -0.117. The SMILES string of the molecule is C[C@]12CCC3=C(COC3=O)[C@@H]1CCC(=O)C2. The summed E-state index contributed by atoms with van der Waals surface area (Å²) in [4.78, 5) is 23.1. The monoisotopic (exact) mass is 220 g/mol. The zero-order valence-corrected chi connectivity index (χ0v) is 9.54. The van der Waals surface area contributed by atoms with Gasteiger partial charge in [-0.05, 0) is 36.2 Å². The summed E-state index contributed by atoms with van der Waals surface area (Å²) in [7, 11) is 0.